The van der Waals surface area contributed by atoms with Crippen molar-refractivity contribution in [3.8, 4) is 0 Å². The Morgan fingerprint density at radius 3 is 3.00 bits per heavy atom. The van der Waals surface area contributed by atoms with Crippen LogP contribution in [0.5, 0.6) is 0 Å². The third-order valence-electron chi connectivity index (χ3n) is 2.41. The maximum absolute atomic E-state index is 11.6. The van der Waals surface area contributed by atoms with E-state index in [4.69, 9.17) is 4.74 Å². The molecule has 1 heterocycles. The molecule has 0 spiro atoms. The van der Waals surface area contributed by atoms with Gasteiger partial charge in [0.1, 0.15) is 11.9 Å². The first-order chi connectivity index (χ1) is 7.19. The Balaban J connectivity index is 2.63. The lowest BCUT2D eigenvalue weighted by atomic mass is 10.2. The minimum atomic E-state index is -0.350. The predicted molar refractivity (Wildman–Crippen MR) is 57.7 cm³/mol. The molecular weight excluding hydrogens is 192 g/mol. The second-order valence-corrected chi connectivity index (χ2v) is 3.56. The molecule has 0 bridgehead atoms. The molecule has 15 heavy (non-hydrogen) atoms. The maximum atomic E-state index is 11.6. The number of methoxy groups -OCH3 is 1. The van der Waals surface area contributed by atoms with E-state index in [9.17, 15) is 4.79 Å². The summed E-state index contributed by atoms with van der Waals surface area (Å²) in [5.74, 6) is 0.895. The lowest BCUT2D eigenvalue weighted by molar-refractivity contribution is -0.127. The fourth-order valence-electron chi connectivity index (χ4n) is 1.38. The zero-order valence-electron chi connectivity index (χ0n) is 9.56. The molecule has 0 aromatic carbocycles. The fraction of sp³-hybridized carbons (Fsp3) is 0.636. The van der Waals surface area contributed by atoms with Crippen LogP contribution in [-0.2, 0) is 22.5 Å². The average molecular weight is 210 g/mol. The van der Waals surface area contributed by atoms with E-state index in [1.165, 1.54) is 0 Å². The Kier molecular flexibility index (Phi) is 4.49. The van der Waals surface area contributed by atoms with Gasteiger partial charge in [0.2, 0.25) is 0 Å². The van der Waals surface area contributed by atoms with Gasteiger partial charge in [-0.25, -0.2) is 4.98 Å². The van der Waals surface area contributed by atoms with E-state index in [0.29, 0.717) is 6.42 Å². The number of aryl methyl sites for hydroxylation is 1. The number of hydrogen-bond acceptors (Lipinski definition) is 3. The summed E-state index contributed by atoms with van der Waals surface area (Å²) in [6.07, 6.45) is 4.68. The molecule has 0 saturated carbocycles. The van der Waals surface area contributed by atoms with Gasteiger partial charge in [-0.3, -0.25) is 4.79 Å². The number of ether oxygens (including phenoxy) is 1. The Morgan fingerprint density at radius 2 is 2.40 bits per heavy atom. The number of Topliss-reactive ketones (excluding diaryl/α,β-unsaturated/α-hetero) is 1. The van der Waals surface area contributed by atoms with Crippen molar-refractivity contribution < 1.29 is 9.53 Å². The number of aromatic nitrogens is 2. The lowest BCUT2D eigenvalue weighted by Crippen LogP contribution is -2.22. The summed E-state index contributed by atoms with van der Waals surface area (Å²) in [6.45, 7) is 4.77. The molecule has 0 radical (unpaired) electrons. The van der Waals surface area contributed by atoms with Crippen molar-refractivity contribution in [1.82, 2.24) is 9.55 Å². The van der Waals surface area contributed by atoms with Crippen LogP contribution in [0.25, 0.3) is 0 Å². The minimum absolute atomic E-state index is 0.0704. The van der Waals surface area contributed by atoms with Gasteiger partial charge in [-0.05, 0) is 13.3 Å². The number of nitrogens with zero attached hydrogens (tertiary/aromatic N) is 2. The summed E-state index contributed by atoms with van der Waals surface area (Å²) >= 11 is 0. The van der Waals surface area contributed by atoms with Crippen molar-refractivity contribution in [2.45, 2.75) is 39.3 Å². The van der Waals surface area contributed by atoms with Crippen molar-refractivity contribution in [2.75, 3.05) is 7.11 Å². The molecule has 0 saturated heterocycles. The standard InChI is InChI=1S/C11H18N2O2/c1-4-6-13-7-5-12-11(13)8-10(14)9(2)15-3/h5,7,9H,4,6,8H2,1-3H3. The summed E-state index contributed by atoms with van der Waals surface area (Å²) in [7, 11) is 1.54. The molecule has 0 aliphatic heterocycles. The maximum Gasteiger partial charge on any atom is 0.168 e. The molecule has 0 amide bonds. The zero-order valence-corrected chi connectivity index (χ0v) is 9.56. The molecule has 1 rings (SSSR count). The highest BCUT2D eigenvalue weighted by molar-refractivity contribution is 5.84. The van der Waals surface area contributed by atoms with Crippen LogP contribution < -0.4 is 0 Å². The molecule has 1 aromatic heterocycles. The Morgan fingerprint density at radius 1 is 1.67 bits per heavy atom. The van der Waals surface area contributed by atoms with E-state index in [1.54, 1.807) is 20.2 Å². The first-order valence-electron chi connectivity index (χ1n) is 5.24. The fourth-order valence-corrected chi connectivity index (χ4v) is 1.38. The number of carbonyl (C=O) groups is 1. The van der Waals surface area contributed by atoms with E-state index >= 15 is 0 Å². The van der Waals surface area contributed by atoms with Gasteiger partial charge in [0.05, 0.1) is 6.42 Å². The van der Waals surface area contributed by atoms with Crippen LogP contribution in [0.4, 0.5) is 0 Å². The molecule has 0 fully saturated rings. The molecule has 0 aliphatic rings. The molecule has 1 aromatic rings. The number of imidazole rings is 1. The summed E-state index contributed by atoms with van der Waals surface area (Å²) in [5, 5.41) is 0. The highest BCUT2D eigenvalue weighted by atomic mass is 16.5. The molecule has 0 N–H and O–H groups in total. The molecule has 1 atom stereocenters. The second-order valence-electron chi connectivity index (χ2n) is 3.56. The van der Waals surface area contributed by atoms with Gasteiger partial charge in [-0.15, -0.1) is 0 Å². The number of ketones is 1. The number of carbonyl (C=O) groups excluding carboxylic acids is 1. The van der Waals surface area contributed by atoms with Gasteiger partial charge in [-0.1, -0.05) is 6.92 Å². The van der Waals surface area contributed by atoms with Crippen molar-refractivity contribution >= 4 is 5.78 Å². The summed E-state index contributed by atoms with van der Waals surface area (Å²) in [6, 6.07) is 0. The lowest BCUT2D eigenvalue weighted by Gasteiger charge is -2.09. The summed E-state index contributed by atoms with van der Waals surface area (Å²) in [4.78, 5) is 15.8. The van der Waals surface area contributed by atoms with Crippen molar-refractivity contribution in [1.29, 1.82) is 0 Å². The smallest absolute Gasteiger partial charge is 0.168 e. The van der Waals surface area contributed by atoms with Gasteiger partial charge in [0.25, 0.3) is 0 Å². The third kappa shape index (κ3) is 3.16. The minimum Gasteiger partial charge on any atom is -0.374 e. The highest BCUT2D eigenvalue weighted by Crippen LogP contribution is 2.03. The van der Waals surface area contributed by atoms with Gasteiger partial charge < -0.3 is 9.30 Å². The van der Waals surface area contributed by atoms with Crippen LogP contribution >= 0.6 is 0 Å². The quantitative estimate of drug-likeness (QED) is 0.713. The van der Waals surface area contributed by atoms with Gasteiger partial charge >= 0.3 is 0 Å². The Labute approximate surface area is 90.3 Å². The molecule has 4 nitrogen and oxygen atoms in total. The van der Waals surface area contributed by atoms with E-state index in [0.717, 1.165) is 18.8 Å². The molecular formula is C11H18N2O2. The number of rotatable bonds is 6. The van der Waals surface area contributed by atoms with Crippen LogP contribution in [0, 0.1) is 0 Å². The topological polar surface area (TPSA) is 44.1 Å². The van der Waals surface area contributed by atoms with Gasteiger partial charge in [0, 0.05) is 26.0 Å². The second kappa shape index (κ2) is 5.66. The summed E-state index contributed by atoms with van der Waals surface area (Å²) < 4.78 is 6.99. The molecule has 4 heteroatoms. The van der Waals surface area contributed by atoms with Crippen LogP contribution in [0.3, 0.4) is 0 Å². The number of hydrogen-bond donors (Lipinski definition) is 0. The monoisotopic (exact) mass is 210 g/mol. The van der Waals surface area contributed by atoms with E-state index in [1.807, 2.05) is 10.8 Å². The normalized spacial score (nSPS) is 12.7. The molecule has 0 aliphatic carbocycles. The van der Waals surface area contributed by atoms with Crippen molar-refractivity contribution in [2.24, 2.45) is 0 Å². The molecule has 1 unspecified atom stereocenters. The van der Waals surface area contributed by atoms with Crippen LogP contribution in [0.15, 0.2) is 12.4 Å². The van der Waals surface area contributed by atoms with Crippen molar-refractivity contribution in [3.05, 3.63) is 18.2 Å². The van der Waals surface area contributed by atoms with Gasteiger partial charge in [-0.2, -0.15) is 0 Å². The van der Waals surface area contributed by atoms with Gasteiger partial charge in [0.15, 0.2) is 5.78 Å². The summed E-state index contributed by atoms with van der Waals surface area (Å²) in [5.41, 5.74) is 0. The Bertz CT molecular complexity index is 320. The SMILES string of the molecule is CCCn1ccnc1CC(=O)C(C)OC. The first kappa shape index (κ1) is 11.9. The average Bonchev–Trinajstić information content (AvgIpc) is 2.65. The van der Waals surface area contributed by atoms with Crippen LogP contribution in [-0.4, -0.2) is 28.5 Å². The molecule has 84 valence electrons. The largest absolute Gasteiger partial charge is 0.374 e. The van der Waals surface area contributed by atoms with Crippen molar-refractivity contribution in [3.63, 3.8) is 0 Å². The zero-order chi connectivity index (χ0) is 11.3. The van der Waals surface area contributed by atoms with E-state index < -0.39 is 0 Å². The van der Waals surface area contributed by atoms with Crippen LogP contribution in [0.2, 0.25) is 0 Å². The van der Waals surface area contributed by atoms with Crippen LogP contribution in [0.1, 0.15) is 26.1 Å². The first-order valence-corrected chi connectivity index (χ1v) is 5.24. The highest BCUT2D eigenvalue weighted by Gasteiger charge is 2.14. The third-order valence-corrected chi connectivity index (χ3v) is 2.41. The van der Waals surface area contributed by atoms with E-state index in [-0.39, 0.29) is 11.9 Å². The van der Waals surface area contributed by atoms with E-state index in [2.05, 4.69) is 11.9 Å². The Hall–Kier alpha value is -1.16. The predicted octanol–water partition coefficient (Wildman–Crippen LogP) is 1.44.